The molecule has 2 aromatic carbocycles. The lowest BCUT2D eigenvalue weighted by Gasteiger charge is -2.08. The highest BCUT2D eigenvalue weighted by Crippen LogP contribution is 2.35. The second-order valence-corrected chi connectivity index (χ2v) is 5.62. The van der Waals surface area contributed by atoms with Crippen molar-refractivity contribution in [2.24, 2.45) is 0 Å². The Bertz CT molecular complexity index is 952. The Kier molecular flexibility index (Phi) is 2.45. The molecule has 3 nitrogen and oxygen atoms in total. The predicted octanol–water partition coefficient (Wildman–Crippen LogP) is 3.56. The molecule has 2 heterocycles. The molecule has 1 aliphatic heterocycles. The van der Waals surface area contributed by atoms with Crippen molar-refractivity contribution in [3.63, 3.8) is 0 Å². The van der Waals surface area contributed by atoms with E-state index in [2.05, 4.69) is 11.6 Å². The Morgan fingerprint density at radius 3 is 2.86 bits per heavy atom. The summed E-state index contributed by atoms with van der Waals surface area (Å²) in [6, 6.07) is 11.3. The van der Waals surface area contributed by atoms with Gasteiger partial charge in [-0.3, -0.25) is 4.79 Å². The summed E-state index contributed by atoms with van der Waals surface area (Å²) in [7, 11) is 0. The maximum absolute atomic E-state index is 12.6. The average Bonchev–Trinajstić information content (AvgIpc) is 2.92. The molecule has 0 fully saturated rings. The molecular weight excluding hydrogens is 262 g/mol. The molecule has 1 atom stereocenters. The SMILES string of the molecule is C=C(C)C1Cc2c(ccc3c(=O)c4ccccc4[nH]c23)O1. The van der Waals surface area contributed by atoms with Crippen molar-refractivity contribution in [2.45, 2.75) is 19.4 Å². The number of pyridine rings is 1. The van der Waals surface area contributed by atoms with Gasteiger partial charge < -0.3 is 9.72 Å². The Morgan fingerprint density at radius 2 is 2.05 bits per heavy atom. The zero-order valence-electron chi connectivity index (χ0n) is 11.8. The number of rotatable bonds is 1. The molecule has 3 aromatic rings. The first-order valence-electron chi connectivity index (χ1n) is 7.04. The fourth-order valence-electron chi connectivity index (χ4n) is 3.00. The van der Waals surface area contributed by atoms with Gasteiger partial charge >= 0.3 is 0 Å². The zero-order valence-corrected chi connectivity index (χ0v) is 11.8. The van der Waals surface area contributed by atoms with Crippen molar-refractivity contribution in [2.75, 3.05) is 0 Å². The van der Waals surface area contributed by atoms with E-state index in [1.807, 2.05) is 43.3 Å². The van der Waals surface area contributed by atoms with E-state index in [0.717, 1.165) is 45.1 Å². The Balaban J connectivity index is 2.06. The van der Waals surface area contributed by atoms with Gasteiger partial charge in [-0.15, -0.1) is 0 Å². The minimum Gasteiger partial charge on any atom is -0.485 e. The molecule has 104 valence electrons. The molecule has 0 saturated heterocycles. The molecule has 4 rings (SSSR count). The van der Waals surface area contributed by atoms with Crippen LogP contribution in [0.4, 0.5) is 0 Å². The van der Waals surface area contributed by atoms with Crippen LogP contribution in [0, 0.1) is 0 Å². The van der Waals surface area contributed by atoms with Crippen LogP contribution in [0.2, 0.25) is 0 Å². The molecule has 1 N–H and O–H groups in total. The lowest BCUT2D eigenvalue weighted by Crippen LogP contribution is -2.13. The molecule has 0 saturated carbocycles. The second kappa shape index (κ2) is 4.22. The number of H-pyrrole nitrogens is 1. The third-order valence-electron chi connectivity index (χ3n) is 4.15. The van der Waals surface area contributed by atoms with Crippen LogP contribution in [-0.2, 0) is 6.42 Å². The largest absolute Gasteiger partial charge is 0.485 e. The molecule has 0 bridgehead atoms. The van der Waals surface area contributed by atoms with Crippen LogP contribution in [0.1, 0.15) is 12.5 Å². The Hall–Kier alpha value is -2.55. The topological polar surface area (TPSA) is 42.1 Å². The maximum atomic E-state index is 12.6. The quantitative estimate of drug-likeness (QED) is 0.546. The summed E-state index contributed by atoms with van der Waals surface area (Å²) in [5, 5.41) is 1.44. The van der Waals surface area contributed by atoms with Crippen molar-refractivity contribution in [1.82, 2.24) is 4.98 Å². The lowest BCUT2D eigenvalue weighted by atomic mass is 10.0. The third-order valence-corrected chi connectivity index (χ3v) is 4.15. The number of ether oxygens (including phenoxy) is 1. The zero-order chi connectivity index (χ0) is 14.6. The van der Waals surface area contributed by atoms with E-state index in [-0.39, 0.29) is 11.5 Å². The molecule has 0 aliphatic carbocycles. The van der Waals surface area contributed by atoms with E-state index >= 15 is 0 Å². The van der Waals surface area contributed by atoms with Gasteiger partial charge in [-0.2, -0.15) is 0 Å². The first kappa shape index (κ1) is 12.2. The summed E-state index contributed by atoms with van der Waals surface area (Å²) in [6.45, 7) is 5.94. The van der Waals surface area contributed by atoms with Gasteiger partial charge in [0, 0.05) is 28.3 Å². The van der Waals surface area contributed by atoms with Crippen LogP contribution in [-0.4, -0.2) is 11.1 Å². The predicted molar refractivity (Wildman–Crippen MR) is 85.0 cm³/mol. The molecule has 1 aromatic heterocycles. The van der Waals surface area contributed by atoms with Crippen LogP contribution in [0.25, 0.3) is 21.8 Å². The van der Waals surface area contributed by atoms with E-state index < -0.39 is 0 Å². The highest BCUT2D eigenvalue weighted by molar-refractivity contribution is 5.95. The Labute approximate surface area is 121 Å². The number of para-hydroxylation sites is 1. The molecule has 0 radical (unpaired) electrons. The fraction of sp³-hybridized carbons (Fsp3) is 0.167. The standard InChI is InChI=1S/C18H15NO2/c1-10(2)16-9-13-15(21-16)8-7-12-17(13)19-14-6-4-3-5-11(14)18(12)20/h3-8,16H,1,9H2,2H3,(H,19,20). The van der Waals surface area contributed by atoms with Gasteiger partial charge in [0.05, 0.1) is 5.52 Å². The number of fused-ring (bicyclic) bond motifs is 4. The van der Waals surface area contributed by atoms with Crippen molar-refractivity contribution in [3.05, 3.63) is 64.3 Å². The number of aromatic amines is 1. The summed E-state index contributed by atoms with van der Waals surface area (Å²) < 4.78 is 5.91. The van der Waals surface area contributed by atoms with Crippen LogP contribution in [0.5, 0.6) is 5.75 Å². The highest BCUT2D eigenvalue weighted by atomic mass is 16.5. The molecule has 0 spiro atoms. The van der Waals surface area contributed by atoms with Crippen molar-refractivity contribution in [1.29, 1.82) is 0 Å². The van der Waals surface area contributed by atoms with Crippen LogP contribution < -0.4 is 10.2 Å². The minimum absolute atomic E-state index is 0.000530. The number of hydrogen-bond acceptors (Lipinski definition) is 2. The van der Waals surface area contributed by atoms with Crippen molar-refractivity contribution in [3.8, 4) is 5.75 Å². The number of nitrogens with one attached hydrogen (secondary N) is 1. The molecule has 1 unspecified atom stereocenters. The summed E-state index contributed by atoms with van der Waals surface area (Å²) in [6.07, 6.45) is 0.761. The highest BCUT2D eigenvalue weighted by Gasteiger charge is 2.26. The number of benzene rings is 2. The van der Waals surface area contributed by atoms with Gasteiger partial charge in [0.1, 0.15) is 11.9 Å². The van der Waals surface area contributed by atoms with Crippen LogP contribution in [0.15, 0.2) is 53.3 Å². The van der Waals surface area contributed by atoms with Gasteiger partial charge in [-0.05, 0) is 36.8 Å². The van der Waals surface area contributed by atoms with Crippen LogP contribution in [0.3, 0.4) is 0 Å². The number of hydrogen-bond donors (Lipinski definition) is 1. The van der Waals surface area contributed by atoms with Gasteiger partial charge in [0.25, 0.3) is 0 Å². The van der Waals surface area contributed by atoms with E-state index in [1.54, 1.807) is 0 Å². The van der Waals surface area contributed by atoms with E-state index in [9.17, 15) is 4.79 Å². The second-order valence-electron chi connectivity index (χ2n) is 5.62. The van der Waals surface area contributed by atoms with Crippen molar-refractivity contribution < 1.29 is 4.74 Å². The molecular formula is C18H15NO2. The molecule has 0 amide bonds. The summed E-state index contributed by atoms with van der Waals surface area (Å²) >= 11 is 0. The van der Waals surface area contributed by atoms with Gasteiger partial charge in [0.2, 0.25) is 0 Å². The Morgan fingerprint density at radius 1 is 1.24 bits per heavy atom. The van der Waals surface area contributed by atoms with Crippen LogP contribution >= 0.6 is 0 Å². The van der Waals surface area contributed by atoms with Gasteiger partial charge in [-0.25, -0.2) is 0 Å². The number of aromatic nitrogens is 1. The van der Waals surface area contributed by atoms with Crippen molar-refractivity contribution >= 4 is 21.8 Å². The summed E-state index contributed by atoms with van der Waals surface area (Å²) in [5.74, 6) is 0.849. The minimum atomic E-state index is 0.000530. The van der Waals surface area contributed by atoms with E-state index in [4.69, 9.17) is 4.74 Å². The monoisotopic (exact) mass is 277 g/mol. The first-order chi connectivity index (χ1) is 10.1. The molecule has 3 heteroatoms. The van der Waals surface area contributed by atoms with Gasteiger partial charge in [0.15, 0.2) is 5.43 Å². The van der Waals surface area contributed by atoms with Gasteiger partial charge in [-0.1, -0.05) is 18.7 Å². The van der Waals surface area contributed by atoms with E-state index in [0.29, 0.717) is 0 Å². The summed E-state index contributed by atoms with van der Waals surface area (Å²) in [5.41, 5.74) is 3.90. The maximum Gasteiger partial charge on any atom is 0.197 e. The smallest absolute Gasteiger partial charge is 0.197 e. The molecule has 21 heavy (non-hydrogen) atoms. The third kappa shape index (κ3) is 1.70. The summed E-state index contributed by atoms with van der Waals surface area (Å²) in [4.78, 5) is 16.0. The first-order valence-corrected chi connectivity index (χ1v) is 7.04. The molecule has 1 aliphatic rings. The fourth-order valence-corrected chi connectivity index (χ4v) is 3.00. The normalized spacial score (nSPS) is 16.9. The lowest BCUT2D eigenvalue weighted by molar-refractivity contribution is 0.271. The average molecular weight is 277 g/mol. The van der Waals surface area contributed by atoms with E-state index in [1.165, 1.54) is 0 Å².